The van der Waals surface area contributed by atoms with E-state index in [2.05, 4.69) is 0 Å². The van der Waals surface area contributed by atoms with E-state index in [4.69, 9.17) is 5.73 Å². The van der Waals surface area contributed by atoms with E-state index >= 15 is 0 Å². The van der Waals surface area contributed by atoms with Gasteiger partial charge < -0.3 is 10.8 Å². The number of halogens is 1. The summed E-state index contributed by atoms with van der Waals surface area (Å²) in [5.41, 5.74) is 5.76. The van der Waals surface area contributed by atoms with Gasteiger partial charge in [-0.2, -0.15) is 0 Å². The molecule has 0 aliphatic heterocycles. The minimum absolute atomic E-state index is 0.0479. The van der Waals surface area contributed by atoms with Gasteiger partial charge in [-0.05, 0) is 37.3 Å². The van der Waals surface area contributed by atoms with Crippen LogP contribution in [-0.4, -0.2) is 20.1 Å². The lowest BCUT2D eigenvalue weighted by Crippen LogP contribution is -2.31. The zero-order valence-electron chi connectivity index (χ0n) is 11.3. The molecule has 112 valence electrons. The van der Waals surface area contributed by atoms with Crippen LogP contribution in [0.3, 0.4) is 0 Å². The average Bonchev–Trinajstić information content (AvgIpc) is 2.38. The molecule has 0 fully saturated rings. The number of phenols is 1. The first-order valence-electron chi connectivity index (χ1n) is 6.23. The van der Waals surface area contributed by atoms with Crippen molar-refractivity contribution in [3.63, 3.8) is 0 Å². The Morgan fingerprint density at radius 2 is 1.95 bits per heavy atom. The van der Waals surface area contributed by atoms with Gasteiger partial charge in [0.1, 0.15) is 16.5 Å². The summed E-state index contributed by atoms with van der Waals surface area (Å²) in [6, 6.07) is 9.00. The molecule has 21 heavy (non-hydrogen) atoms. The average molecular weight is 310 g/mol. The molecule has 0 unspecified atom stereocenters. The maximum absolute atomic E-state index is 13.1. The highest BCUT2D eigenvalue weighted by Crippen LogP contribution is 2.29. The number of rotatable bonds is 4. The molecule has 0 amide bonds. The van der Waals surface area contributed by atoms with Crippen molar-refractivity contribution in [1.82, 2.24) is 0 Å². The van der Waals surface area contributed by atoms with Gasteiger partial charge in [-0.15, -0.1) is 0 Å². The maximum Gasteiger partial charge on any atom is 0.266 e. The fourth-order valence-corrected chi connectivity index (χ4v) is 3.58. The van der Waals surface area contributed by atoms with Crippen molar-refractivity contribution in [3.8, 4) is 5.75 Å². The smallest absolute Gasteiger partial charge is 0.266 e. The molecule has 0 aromatic heterocycles. The van der Waals surface area contributed by atoms with Gasteiger partial charge in [0.05, 0.1) is 11.4 Å². The summed E-state index contributed by atoms with van der Waals surface area (Å²) in [6.07, 6.45) is 0. The number of nitrogen functional groups attached to an aromatic ring is 1. The lowest BCUT2D eigenvalue weighted by molar-refractivity contribution is 0.475. The Morgan fingerprint density at radius 1 is 1.24 bits per heavy atom. The molecule has 0 saturated heterocycles. The number of hydrogen-bond donors (Lipinski definition) is 2. The fraction of sp³-hybridized carbons (Fsp3) is 0.143. The quantitative estimate of drug-likeness (QED) is 0.849. The van der Waals surface area contributed by atoms with Crippen molar-refractivity contribution in [2.45, 2.75) is 11.8 Å². The van der Waals surface area contributed by atoms with E-state index in [1.807, 2.05) is 0 Å². The highest BCUT2D eigenvalue weighted by Gasteiger charge is 2.26. The van der Waals surface area contributed by atoms with E-state index < -0.39 is 15.8 Å². The second kappa shape index (κ2) is 5.61. The number of hydrogen-bond acceptors (Lipinski definition) is 4. The van der Waals surface area contributed by atoms with Crippen LogP contribution in [0.5, 0.6) is 5.75 Å². The van der Waals surface area contributed by atoms with Crippen molar-refractivity contribution in [2.24, 2.45) is 0 Å². The van der Waals surface area contributed by atoms with Gasteiger partial charge in [0, 0.05) is 12.6 Å². The summed E-state index contributed by atoms with van der Waals surface area (Å²) in [7, 11) is -3.94. The van der Waals surface area contributed by atoms with Gasteiger partial charge in [-0.3, -0.25) is 4.31 Å². The molecular weight excluding hydrogens is 295 g/mol. The van der Waals surface area contributed by atoms with Crippen molar-refractivity contribution in [2.75, 3.05) is 16.6 Å². The molecule has 0 atom stereocenters. The number of anilines is 2. The zero-order chi connectivity index (χ0) is 15.6. The summed E-state index contributed by atoms with van der Waals surface area (Å²) in [4.78, 5) is -0.172. The molecule has 2 rings (SSSR count). The molecule has 0 heterocycles. The van der Waals surface area contributed by atoms with E-state index in [0.29, 0.717) is 5.69 Å². The minimum atomic E-state index is -3.94. The Kier molecular flexibility index (Phi) is 4.04. The number of nitrogens with zero attached hydrogens (tertiary/aromatic N) is 1. The van der Waals surface area contributed by atoms with E-state index in [1.165, 1.54) is 18.2 Å². The standard InChI is InChI=1S/C14H15FN2O3S/c1-2-17(11-4-3-5-12(18)9-11)21(19,20)14-7-6-10(15)8-13(14)16/h3-9,18H,2,16H2,1H3. The third-order valence-electron chi connectivity index (χ3n) is 2.94. The highest BCUT2D eigenvalue weighted by molar-refractivity contribution is 7.93. The number of sulfonamides is 1. The fourth-order valence-electron chi connectivity index (χ4n) is 2.01. The molecular formula is C14H15FN2O3S. The van der Waals surface area contributed by atoms with Gasteiger partial charge in [-0.25, -0.2) is 12.8 Å². The topological polar surface area (TPSA) is 83.6 Å². The highest BCUT2D eigenvalue weighted by atomic mass is 32.2. The summed E-state index contributed by atoms with van der Waals surface area (Å²) < 4.78 is 39.5. The lowest BCUT2D eigenvalue weighted by Gasteiger charge is -2.23. The van der Waals surface area contributed by atoms with Crippen LogP contribution in [0, 0.1) is 5.82 Å². The first-order valence-corrected chi connectivity index (χ1v) is 7.67. The Bertz CT molecular complexity index is 763. The zero-order valence-corrected chi connectivity index (χ0v) is 12.1. The largest absolute Gasteiger partial charge is 0.508 e. The molecule has 0 radical (unpaired) electrons. The molecule has 0 bridgehead atoms. The predicted molar refractivity (Wildman–Crippen MR) is 79.1 cm³/mol. The van der Waals surface area contributed by atoms with Gasteiger partial charge >= 0.3 is 0 Å². The van der Waals surface area contributed by atoms with E-state index in [1.54, 1.807) is 13.0 Å². The SMILES string of the molecule is CCN(c1cccc(O)c1)S(=O)(=O)c1ccc(F)cc1N. The Morgan fingerprint density at radius 3 is 2.52 bits per heavy atom. The predicted octanol–water partition coefficient (Wildman–Crippen LogP) is 2.33. The van der Waals surface area contributed by atoms with Crippen molar-refractivity contribution in [3.05, 3.63) is 48.3 Å². The van der Waals surface area contributed by atoms with Crippen molar-refractivity contribution in [1.29, 1.82) is 0 Å². The van der Waals surface area contributed by atoms with E-state index in [0.717, 1.165) is 22.5 Å². The Labute approximate surface area is 122 Å². The third kappa shape index (κ3) is 2.92. The van der Waals surface area contributed by atoms with Crippen molar-refractivity contribution < 1.29 is 17.9 Å². The number of phenolic OH excluding ortho intramolecular Hbond substituents is 1. The molecule has 2 aromatic carbocycles. The van der Waals surface area contributed by atoms with E-state index in [9.17, 15) is 17.9 Å². The van der Waals surface area contributed by atoms with Gasteiger partial charge in [-0.1, -0.05) is 6.07 Å². The van der Waals surface area contributed by atoms with Crippen LogP contribution >= 0.6 is 0 Å². The van der Waals surface area contributed by atoms with E-state index in [-0.39, 0.29) is 22.9 Å². The summed E-state index contributed by atoms with van der Waals surface area (Å²) >= 11 is 0. The maximum atomic E-state index is 13.1. The minimum Gasteiger partial charge on any atom is -0.508 e. The lowest BCUT2D eigenvalue weighted by atomic mass is 10.3. The van der Waals surface area contributed by atoms with Gasteiger partial charge in [0.25, 0.3) is 10.0 Å². The number of benzene rings is 2. The Balaban J connectivity index is 2.54. The molecule has 5 nitrogen and oxygen atoms in total. The Hall–Kier alpha value is -2.28. The molecule has 0 spiro atoms. The molecule has 0 aliphatic rings. The van der Waals surface area contributed by atoms with Crippen LogP contribution in [0.2, 0.25) is 0 Å². The number of aromatic hydroxyl groups is 1. The molecule has 3 N–H and O–H groups in total. The molecule has 7 heteroatoms. The van der Waals surface area contributed by atoms with Crippen LogP contribution in [-0.2, 0) is 10.0 Å². The molecule has 0 aliphatic carbocycles. The first-order chi connectivity index (χ1) is 9.86. The molecule has 2 aromatic rings. The van der Waals surface area contributed by atoms with Crippen LogP contribution in [0.4, 0.5) is 15.8 Å². The normalized spacial score (nSPS) is 11.3. The summed E-state index contributed by atoms with van der Waals surface area (Å²) in [5, 5.41) is 9.49. The van der Waals surface area contributed by atoms with Crippen molar-refractivity contribution >= 4 is 21.4 Å². The van der Waals surface area contributed by atoms with Gasteiger partial charge in [0.2, 0.25) is 0 Å². The number of nitrogens with two attached hydrogens (primary N) is 1. The molecule has 0 saturated carbocycles. The second-order valence-corrected chi connectivity index (χ2v) is 6.20. The second-order valence-electron chi connectivity index (χ2n) is 4.37. The first kappa shape index (κ1) is 15.1. The van der Waals surface area contributed by atoms with Gasteiger partial charge in [0.15, 0.2) is 0 Å². The van der Waals surface area contributed by atoms with Crippen LogP contribution in [0.1, 0.15) is 6.92 Å². The summed E-state index contributed by atoms with van der Waals surface area (Å²) in [5.74, 6) is -0.653. The summed E-state index contributed by atoms with van der Waals surface area (Å²) in [6.45, 7) is 1.80. The van der Waals surface area contributed by atoms with Crippen LogP contribution < -0.4 is 10.0 Å². The monoisotopic (exact) mass is 310 g/mol. The third-order valence-corrected chi connectivity index (χ3v) is 4.92. The van der Waals surface area contributed by atoms with Crippen LogP contribution in [0.15, 0.2) is 47.4 Å². The van der Waals surface area contributed by atoms with Crippen LogP contribution in [0.25, 0.3) is 0 Å².